The van der Waals surface area contributed by atoms with Crippen LogP contribution in [0.3, 0.4) is 0 Å². The van der Waals surface area contributed by atoms with Crippen LogP contribution in [0, 0.1) is 0 Å². The van der Waals surface area contributed by atoms with Crippen molar-refractivity contribution in [1.29, 1.82) is 0 Å². The highest BCUT2D eigenvalue weighted by atomic mass is 15.0. The molecule has 6 aliphatic rings. The van der Waals surface area contributed by atoms with Crippen LogP contribution in [0.1, 0.15) is 98.4 Å². The lowest BCUT2D eigenvalue weighted by Gasteiger charge is -2.34. The Morgan fingerprint density at radius 2 is 0.625 bits per heavy atom. The van der Waals surface area contributed by atoms with E-state index in [9.17, 15) is 0 Å². The van der Waals surface area contributed by atoms with Gasteiger partial charge in [0.05, 0.1) is 44.9 Å². The predicted octanol–water partition coefficient (Wildman–Crippen LogP) is 9.77. The zero-order valence-corrected chi connectivity index (χ0v) is 32.6. The summed E-state index contributed by atoms with van der Waals surface area (Å²) >= 11 is 0. The molecule has 8 bridgehead atoms. The van der Waals surface area contributed by atoms with Gasteiger partial charge in [0, 0.05) is 44.3 Å². The molecule has 8 heteroatoms. The van der Waals surface area contributed by atoms with Crippen molar-refractivity contribution in [3.63, 3.8) is 0 Å². The molecule has 8 nitrogen and oxygen atoms in total. The summed E-state index contributed by atoms with van der Waals surface area (Å²) in [7, 11) is 0. The first-order chi connectivity index (χ1) is 27.4. The van der Waals surface area contributed by atoms with Gasteiger partial charge in [0.15, 0.2) is 0 Å². The summed E-state index contributed by atoms with van der Waals surface area (Å²) in [4.78, 5) is 19.1. The second kappa shape index (κ2) is 13.8. The number of allylic oxidation sites excluding steroid dienone is 8. The monoisotopic (exact) mass is 738 g/mol. The highest BCUT2D eigenvalue weighted by Gasteiger charge is 2.38. The fourth-order valence-corrected chi connectivity index (χ4v) is 9.37. The van der Waals surface area contributed by atoms with Crippen LogP contribution in [-0.2, 0) is 22.2 Å². The third-order valence-corrected chi connectivity index (χ3v) is 12.5. The number of aromatic amines is 2. The molecule has 4 unspecified atom stereocenters. The summed E-state index contributed by atoms with van der Waals surface area (Å²) in [6, 6.07) is 8.87. The maximum absolute atomic E-state index is 5.59. The number of hydrogen-bond donors (Lipinski definition) is 6. The van der Waals surface area contributed by atoms with Crippen molar-refractivity contribution in [3.05, 3.63) is 167 Å². The third kappa shape index (κ3) is 5.49. The third-order valence-electron chi connectivity index (χ3n) is 12.5. The van der Waals surface area contributed by atoms with Gasteiger partial charge in [-0.05, 0) is 123 Å². The van der Waals surface area contributed by atoms with Crippen molar-refractivity contribution >= 4 is 46.4 Å². The average Bonchev–Trinajstić information content (AvgIpc) is 4.10. The number of dihydropyridines is 4. The van der Waals surface area contributed by atoms with Gasteiger partial charge in [-0.1, -0.05) is 76.3 Å². The fourth-order valence-electron chi connectivity index (χ4n) is 9.37. The van der Waals surface area contributed by atoms with Crippen molar-refractivity contribution in [2.24, 2.45) is 0 Å². The number of fused-ring (bicyclic) bond motifs is 8. The number of H-pyrrole nitrogens is 2. The summed E-state index contributed by atoms with van der Waals surface area (Å²) in [6.07, 6.45) is 46.0. The van der Waals surface area contributed by atoms with E-state index in [4.69, 9.17) is 9.97 Å². The molecule has 0 aliphatic carbocycles. The van der Waals surface area contributed by atoms with E-state index in [1.165, 1.54) is 0 Å². The van der Waals surface area contributed by atoms with Gasteiger partial charge in [0.2, 0.25) is 0 Å². The summed E-state index contributed by atoms with van der Waals surface area (Å²) in [5, 5.41) is 15.0. The summed E-state index contributed by atoms with van der Waals surface area (Å²) in [5.74, 6) is 0. The van der Waals surface area contributed by atoms with E-state index in [0.29, 0.717) is 0 Å². The Labute approximate surface area is 329 Å². The molecule has 0 aromatic carbocycles. The quantitative estimate of drug-likeness (QED) is 0.0948. The standard InChI is InChI=1S/C48H50N8/c1-5-45(25-9-13-29-49-45)41-33-17-19-35(53-33)42(46(6-2)26-10-14-30-50-46)37-21-23-39(55-37)44(48(8-4)28-12-16-32-52-48)40-24-22-38(56-40)43(36-20-18-34(41)54-36)47(7-3)27-11-15-31-51-47/h9-32,49-53,56H,5-8H2,1-4H3. The minimum Gasteiger partial charge on any atom is -0.378 e. The van der Waals surface area contributed by atoms with Gasteiger partial charge in [0.1, 0.15) is 0 Å². The Balaban J connectivity index is 1.49. The number of rotatable bonds is 8. The molecule has 0 radical (unpaired) electrons. The summed E-state index contributed by atoms with van der Waals surface area (Å²) in [6.45, 7) is 8.92. The van der Waals surface area contributed by atoms with Crippen LogP contribution < -0.4 is 21.3 Å². The van der Waals surface area contributed by atoms with Crippen molar-refractivity contribution in [2.75, 3.05) is 0 Å². The molecule has 0 fully saturated rings. The van der Waals surface area contributed by atoms with Crippen molar-refractivity contribution in [2.45, 2.75) is 75.5 Å². The lowest BCUT2D eigenvalue weighted by molar-refractivity contribution is 0.453. The molecule has 0 spiro atoms. The lowest BCUT2D eigenvalue weighted by Crippen LogP contribution is -2.39. The molecule has 6 N–H and O–H groups in total. The fraction of sp³-hybridized carbons (Fsp3) is 0.250. The van der Waals surface area contributed by atoms with E-state index in [2.05, 4.69) is 180 Å². The van der Waals surface area contributed by atoms with E-state index >= 15 is 0 Å². The number of hydrogen-bond acceptors (Lipinski definition) is 6. The van der Waals surface area contributed by atoms with E-state index in [1.807, 2.05) is 24.8 Å². The van der Waals surface area contributed by atoms with Crippen molar-refractivity contribution in [1.82, 2.24) is 41.2 Å². The smallest absolute Gasteiger partial charge is 0.0846 e. The van der Waals surface area contributed by atoms with Crippen LogP contribution >= 0.6 is 0 Å². The minimum atomic E-state index is -0.498. The Kier molecular flexibility index (Phi) is 8.72. The van der Waals surface area contributed by atoms with Gasteiger partial charge in [-0.25, -0.2) is 9.97 Å². The van der Waals surface area contributed by atoms with Crippen LogP contribution in [0.2, 0.25) is 0 Å². The second-order valence-electron chi connectivity index (χ2n) is 15.3. The number of aromatic nitrogens is 4. The van der Waals surface area contributed by atoms with Crippen molar-refractivity contribution < 1.29 is 0 Å². The normalized spacial score (nSPS) is 26.6. The number of nitrogens with one attached hydrogen (secondary N) is 6. The van der Waals surface area contributed by atoms with Gasteiger partial charge >= 0.3 is 0 Å². The van der Waals surface area contributed by atoms with Gasteiger partial charge in [0.25, 0.3) is 0 Å². The minimum absolute atomic E-state index is 0.498. The van der Waals surface area contributed by atoms with E-state index in [1.54, 1.807) is 0 Å². The van der Waals surface area contributed by atoms with Gasteiger partial charge < -0.3 is 31.2 Å². The Morgan fingerprint density at radius 3 is 0.821 bits per heavy atom. The van der Waals surface area contributed by atoms with Crippen molar-refractivity contribution in [3.8, 4) is 0 Å². The predicted molar refractivity (Wildman–Crippen MR) is 232 cm³/mol. The average molecular weight is 739 g/mol. The maximum Gasteiger partial charge on any atom is 0.0846 e. The molecule has 9 rings (SSSR count). The SMILES string of the molecule is CCC1(c2c3nc(c(C4(CC)C=CC=CN4)c4ccc([nH]4)c(C4(CC)C=CC=CN4)c4nc(c(C5(CC)C=CC=CN5)c5ccc2[nH]5)C=C4)C=C3)C=CC=CN1. The van der Waals surface area contributed by atoms with E-state index in [-0.39, 0.29) is 0 Å². The molecule has 3 aromatic rings. The Bertz CT molecular complexity index is 2220. The van der Waals surface area contributed by atoms with Crippen LogP contribution in [0.5, 0.6) is 0 Å². The molecule has 9 heterocycles. The zero-order chi connectivity index (χ0) is 38.4. The van der Waals surface area contributed by atoms with E-state index in [0.717, 1.165) is 92.8 Å². The van der Waals surface area contributed by atoms with Gasteiger partial charge in [-0.2, -0.15) is 0 Å². The molecule has 4 atom stereocenters. The highest BCUT2D eigenvalue weighted by Crippen LogP contribution is 2.42. The first kappa shape index (κ1) is 35.4. The first-order valence-corrected chi connectivity index (χ1v) is 20.1. The topological polar surface area (TPSA) is 105 Å². The first-order valence-electron chi connectivity index (χ1n) is 20.1. The molecule has 6 aliphatic heterocycles. The van der Waals surface area contributed by atoms with Gasteiger partial charge in [-0.3, -0.25) is 0 Å². The molecule has 0 amide bonds. The molecule has 56 heavy (non-hydrogen) atoms. The Hall–Kier alpha value is -6.28. The Morgan fingerprint density at radius 1 is 0.375 bits per heavy atom. The molecule has 3 aromatic heterocycles. The van der Waals surface area contributed by atoms with Crippen LogP contribution in [-0.4, -0.2) is 19.9 Å². The lowest BCUT2D eigenvalue weighted by atomic mass is 9.84. The largest absolute Gasteiger partial charge is 0.378 e. The van der Waals surface area contributed by atoms with E-state index < -0.39 is 22.2 Å². The number of nitrogens with zero attached hydrogens (tertiary/aromatic N) is 2. The molecule has 282 valence electrons. The molecule has 0 saturated heterocycles. The molecular formula is C48H50N8. The second-order valence-corrected chi connectivity index (χ2v) is 15.3. The van der Waals surface area contributed by atoms with Gasteiger partial charge in [-0.15, -0.1) is 0 Å². The van der Waals surface area contributed by atoms with Crippen LogP contribution in [0.4, 0.5) is 0 Å². The maximum atomic E-state index is 5.59. The van der Waals surface area contributed by atoms with Crippen LogP contribution in [0.15, 0.2) is 122 Å². The van der Waals surface area contributed by atoms with Crippen LogP contribution in [0.25, 0.3) is 46.4 Å². The summed E-state index contributed by atoms with van der Waals surface area (Å²) in [5.41, 5.74) is 10.1. The molecule has 0 saturated carbocycles. The molecular weight excluding hydrogens is 689 g/mol. The highest BCUT2D eigenvalue weighted by molar-refractivity contribution is 5.86. The zero-order valence-electron chi connectivity index (χ0n) is 32.6. The summed E-state index contributed by atoms with van der Waals surface area (Å²) < 4.78 is 0.